The summed E-state index contributed by atoms with van der Waals surface area (Å²) in [7, 11) is 0. The van der Waals surface area contributed by atoms with Gasteiger partial charge in [0.15, 0.2) is 0 Å². The lowest BCUT2D eigenvalue weighted by molar-refractivity contribution is -0.134. The Morgan fingerprint density at radius 1 is 1.04 bits per heavy atom. The molecule has 0 radical (unpaired) electrons. The highest BCUT2D eigenvalue weighted by molar-refractivity contribution is 5.81. The Labute approximate surface area is 161 Å². The molecule has 148 valence electrons. The average Bonchev–Trinajstić information content (AvgIpc) is 3.44. The Morgan fingerprint density at radius 2 is 1.85 bits per heavy atom. The van der Waals surface area contributed by atoms with Crippen LogP contribution in [0.5, 0.6) is 0 Å². The maximum absolute atomic E-state index is 12.6. The van der Waals surface area contributed by atoms with E-state index in [9.17, 15) is 9.59 Å². The molecule has 1 aliphatic carbocycles. The number of likely N-dealkylation sites (tertiary alicyclic amines) is 2. The van der Waals surface area contributed by atoms with Crippen LogP contribution in [0.4, 0.5) is 0 Å². The Bertz CT molecular complexity index is 635. The van der Waals surface area contributed by atoms with Crippen LogP contribution < -0.4 is 5.32 Å². The van der Waals surface area contributed by atoms with Crippen molar-refractivity contribution in [1.82, 2.24) is 24.7 Å². The normalized spacial score (nSPS) is 24.7. The van der Waals surface area contributed by atoms with Gasteiger partial charge in [-0.1, -0.05) is 0 Å². The third-order valence-electron chi connectivity index (χ3n) is 6.27. The predicted octanol–water partition coefficient (Wildman–Crippen LogP) is 1.11. The zero-order valence-corrected chi connectivity index (χ0v) is 16.1. The summed E-state index contributed by atoms with van der Waals surface area (Å²) in [5, 5.41) is 3.09. The van der Waals surface area contributed by atoms with Crippen molar-refractivity contribution in [3.05, 3.63) is 18.7 Å². The number of hydrogen-bond donors (Lipinski definition) is 1. The van der Waals surface area contributed by atoms with E-state index < -0.39 is 0 Å². The number of rotatable bonds is 6. The number of aromatic nitrogens is 2. The first-order chi connectivity index (χ1) is 13.2. The third kappa shape index (κ3) is 4.69. The van der Waals surface area contributed by atoms with E-state index in [1.807, 2.05) is 10.8 Å². The average molecular weight is 374 g/mol. The van der Waals surface area contributed by atoms with Gasteiger partial charge < -0.3 is 14.8 Å². The van der Waals surface area contributed by atoms with Crippen LogP contribution in [-0.4, -0.2) is 69.9 Å². The third-order valence-corrected chi connectivity index (χ3v) is 6.27. The number of imidazole rings is 1. The number of carbonyl (C=O) groups is 2. The van der Waals surface area contributed by atoms with E-state index in [1.165, 1.54) is 0 Å². The Balaban J connectivity index is 1.20. The van der Waals surface area contributed by atoms with Crippen LogP contribution >= 0.6 is 0 Å². The van der Waals surface area contributed by atoms with Crippen molar-refractivity contribution in [3.63, 3.8) is 0 Å². The minimum absolute atomic E-state index is 0.0904. The zero-order valence-electron chi connectivity index (χ0n) is 16.1. The molecule has 1 aromatic heterocycles. The quantitative estimate of drug-likeness (QED) is 0.811. The molecule has 1 saturated carbocycles. The molecule has 27 heavy (non-hydrogen) atoms. The second kappa shape index (κ2) is 8.42. The number of carbonyl (C=O) groups excluding carboxylic acids is 2. The highest BCUT2D eigenvalue weighted by Gasteiger charge is 2.37. The van der Waals surface area contributed by atoms with Crippen molar-refractivity contribution in [1.29, 1.82) is 0 Å². The second-order valence-electron chi connectivity index (χ2n) is 8.26. The van der Waals surface area contributed by atoms with Gasteiger partial charge in [0.05, 0.1) is 12.2 Å². The van der Waals surface area contributed by atoms with E-state index in [4.69, 9.17) is 0 Å². The lowest BCUT2D eigenvalue weighted by atomic mass is 9.93. The Kier molecular flexibility index (Phi) is 5.76. The fourth-order valence-corrected chi connectivity index (χ4v) is 4.46. The molecule has 0 bridgehead atoms. The first-order valence-corrected chi connectivity index (χ1v) is 10.5. The van der Waals surface area contributed by atoms with Gasteiger partial charge in [-0.05, 0) is 45.1 Å². The molecular formula is C20H31N5O2. The summed E-state index contributed by atoms with van der Waals surface area (Å²) in [5.74, 6) is 0.975. The van der Waals surface area contributed by atoms with E-state index in [2.05, 4.69) is 20.1 Å². The standard InChI is InChI=1S/C20H31N5O2/c26-19(22-8-13-23-12-7-21-15-23)17-2-1-9-25(14-17)18-5-10-24(11-6-18)20(27)16-3-4-16/h7,12,15-18H,1-6,8-11,13-14H2,(H,22,26)/t17-/m1/s1. The molecule has 0 aromatic carbocycles. The maximum atomic E-state index is 12.6. The van der Waals surface area contributed by atoms with E-state index in [0.717, 1.165) is 71.2 Å². The molecule has 1 N–H and O–H groups in total. The van der Waals surface area contributed by atoms with Crippen molar-refractivity contribution >= 4 is 11.8 Å². The summed E-state index contributed by atoms with van der Waals surface area (Å²) >= 11 is 0. The van der Waals surface area contributed by atoms with Gasteiger partial charge in [-0.2, -0.15) is 0 Å². The van der Waals surface area contributed by atoms with Gasteiger partial charge in [-0.3, -0.25) is 14.5 Å². The molecular weight excluding hydrogens is 342 g/mol. The maximum Gasteiger partial charge on any atom is 0.225 e. The first kappa shape index (κ1) is 18.5. The molecule has 2 amide bonds. The number of hydrogen-bond acceptors (Lipinski definition) is 4. The Hall–Kier alpha value is -1.89. The van der Waals surface area contributed by atoms with Gasteiger partial charge in [0.25, 0.3) is 0 Å². The van der Waals surface area contributed by atoms with Crippen molar-refractivity contribution in [2.45, 2.75) is 51.1 Å². The summed E-state index contributed by atoms with van der Waals surface area (Å²) in [5.41, 5.74) is 0. The SMILES string of the molecule is O=C(NCCn1ccnc1)[C@@H]1CCCN(C2CCN(C(=O)C3CC3)CC2)C1. The van der Waals surface area contributed by atoms with Gasteiger partial charge in [0.2, 0.25) is 11.8 Å². The zero-order chi connectivity index (χ0) is 18.6. The van der Waals surface area contributed by atoms with Crippen LogP contribution in [0.25, 0.3) is 0 Å². The summed E-state index contributed by atoms with van der Waals surface area (Å²) in [6, 6.07) is 0.523. The second-order valence-corrected chi connectivity index (χ2v) is 8.26. The molecule has 4 rings (SSSR count). The van der Waals surface area contributed by atoms with Gasteiger partial charge in [0, 0.05) is 57.1 Å². The lowest BCUT2D eigenvalue weighted by Gasteiger charge is -2.42. The van der Waals surface area contributed by atoms with Crippen LogP contribution in [0.2, 0.25) is 0 Å². The van der Waals surface area contributed by atoms with E-state index in [1.54, 1.807) is 12.5 Å². The first-order valence-electron chi connectivity index (χ1n) is 10.5. The number of piperidine rings is 2. The highest BCUT2D eigenvalue weighted by Crippen LogP contribution is 2.32. The van der Waals surface area contributed by atoms with Crippen molar-refractivity contribution in [3.8, 4) is 0 Å². The minimum atomic E-state index is 0.0904. The molecule has 3 fully saturated rings. The molecule has 0 unspecified atom stereocenters. The van der Waals surface area contributed by atoms with Crippen molar-refractivity contribution in [2.75, 3.05) is 32.7 Å². The summed E-state index contributed by atoms with van der Waals surface area (Å²) in [4.78, 5) is 33.4. The Morgan fingerprint density at radius 3 is 2.56 bits per heavy atom. The van der Waals surface area contributed by atoms with Gasteiger partial charge >= 0.3 is 0 Å². The largest absolute Gasteiger partial charge is 0.354 e. The fourth-order valence-electron chi connectivity index (χ4n) is 4.46. The smallest absolute Gasteiger partial charge is 0.225 e. The minimum Gasteiger partial charge on any atom is -0.354 e. The van der Waals surface area contributed by atoms with E-state index in [-0.39, 0.29) is 11.8 Å². The van der Waals surface area contributed by atoms with Crippen LogP contribution in [0.1, 0.15) is 38.5 Å². The molecule has 2 aliphatic heterocycles. The molecule has 1 atom stereocenters. The molecule has 7 heteroatoms. The molecule has 0 spiro atoms. The van der Waals surface area contributed by atoms with E-state index in [0.29, 0.717) is 24.4 Å². The molecule has 2 saturated heterocycles. The van der Waals surface area contributed by atoms with Crippen LogP contribution in [0.3, 0.4) is 0 Å². The summed E-state index contributed by atoms with van der Waals surface area (Å²) in [6.07, 6.45) is 11.8. The molecule has 1 aromatic rings. The monoisotopic (exact) mass is 373 g/mol. The fraction of sp³-hybridized carbons (Fsp3) is 0.750. The lowest BCUT2D eigenvalue weighted by Crippen LogP contribution is -2.51. The summed E-state index contributed by atoms with van der Waals surface area (Å²) in [6.45, 7) is 5.12. The van der Waals surface area contributed by atoms with Gasteiger partial charge in [0.1, 0.15) is 0 Å². The van der Waals surface area contributed by atoms with E-state index >= 15 is 0 Å². The summed E-state index contributed by atoms with van der Waals surface area (Å²) < 4.78 is 1.98. The van der Waals surface area contributed by atoms with Crippen molar-refractivity contribution < 1.29 is 9.59 Å². The number of amides is 2. The van der Waals surface area contributed by atoms with Gasteiger partial charge in [-0.25, -0.2) is 4.98 Å². The van der Waals surface area contributed by atoms with Crippen LogP contribution in [0, 0.1) is 11.8 Å². The molecule has 3 heterocycles. The number of nitrogens with one attached hydrogen (secondary N) is 1. The molecule has 3 aliphatic rings. The topological polar surface area (TPSA) is 70.5 Å². The van der Waals surface area contributed by atoms with Crippen LogP contribution in [-0.2, 0) is 16.1 Å². The molecule has 7 nitrogen and oxygen atoms in total. The van der Waals surface area contributed by atoms with Crippen molar-refractivity contribution in [2.24, 2.45) is 11.8 Å². The highest BCUT2D eigenvalue weighted by atomic mass is 16.2. The van der Waals surface area contributed by atoms with Crippen LogP contribution in [0.15, 0.2) is 18.7 Å². The van der Waals surface area contributed by atoms with Gasteiger partial charge in [-0.15, -0.1) is 0 Å². The predicted molar refractivity (Wildman–Crippen MR) is 102 cm³/mol. The number of nitrogens with zero attached hydrogens (tertiary/aromatic N) is 4.